The second-order valence-electron chi connectivity index (χ2n) is 4.55. The van der Waals surface area contributed by atoms with Crippen molar-refractivity contribution in [2.24, 2.45) is 0 Å². The minimum absolute atomic E-state index is 0.398. The molecule has 6 heteroatoms. The summed E-state index contributed by atoms with van der Waals surface area (Å²) in [5, 5.41) is 6.35. The maximum Gasteiger partial charge on any atom is 0.158 e. The second kappa shape index (κ2) is 7.38. The van der Waals surface area contributed by atoms with Crippen molar-refractivity contribution in [1.82, 2.24) is 9.97 Å². The smallest absolute Gasteiger partial charge is 0.158 e. The first-order chi connectivity index (χ1) is 10.1. The Morgan fingerprint density at radius 3 is 2.67 bits per heavy atom. The lowest BCUT2D eigenvalue weighted by Crippen LogP contribution is -2.05. The van der Waals surface area contributed by atoms with E-state index in [0.717, 1.165) is 21.8 Å². The Hall–Kier alpha value is -1.66. The summed E-state index contributed by atoms with van der Waals surface area (Å²) in [7, 11) is 1.83. The molecule has 0 fully saturated rings. The van der Waals surface area contributed by atoms with Crippen molar-refractivity contribution in [3.8, 4) is 0 Å². The van der Waals surface area contributed by atoms with Crippen molar-refractivity contribution in [2.75, 3.05) is 24.3 Å². The molecular weight excluding hydrogens is 332 g/mol. The molecule has 0 bridgehead atoms. The van der Waals surface area contributed by atoms with Gasteiger partial charge in [-0.05, 0) is 47.5 Å². The molecule has 1 heterocycles. The van der Waals surface area contributed by atoms with Crippen LogP contribution in [0, 0.1) is 6.92 Å². The Kier molecular flexibility index (Phi) is 5.52. The standard InChI is InChI=1S/C15H19BrN4O/c1-4-21-9-15-19-13(17-3)8-14(20-15)18-12-7-10(2)5-6-11(12)16/h5-8H,4,9H2,1-3H3,(H2,17,18,19,20). The van der Waals surface area contributed by atoms with Gasteiger partial charge in [-0.2, -0.15) is 0 Å². The highest BCUT2D eigenvalue weighted by atomic mass is 79.9. The molecule has 5 nitrogen and oxygen atoms in total. The van der Waals surface area contributed by atoms with E-state index in [9.17, 15) is 0 Å². The summed E-state index contributed by atoms with van der Waals surface area (Å²) in [6, 6.07) is 7.99. The van der Waals surface area contributed by atoms with Gasteiger partial charge in [-0.3, -0.25) is 0 Å². The molecule has 0 unspecified atom stereocenters. The first-order valence-corrected chi connectivity index (χ1v) is 7.58. The predicted molar refractivity (Wildman–Crippen MR) is 89.1 cm³/mol. The Morgan fingerprint density at radius 1 is 1.19 bits per heavy atom. The van der Waals surface area contributed by atoms with Crippen molar-refractivity contribution in [3.05, 3.63) is 40.1 Å². The Labute approximate surface area is 133 Å². The van der Waals surface area contributed by atoms with E-state index < -0.39 is 0 Å². The van der Waals surface area contributed by atoms with Gasteiger partial charge in [0.2, 0.25) is 0 Å². The summed E-state index contributed by atoms with van der Waals surface area (Å²) in [5.41, 5.74) is 2.15. The first-order valence-electron chi connectivity index (χ1n) is 6.79. The molecular formula is C15H19BrN4O. The summed E-state index contributed by atoms with van der Waals surface area (Å²) in [4.78, 5) is 8.85. The first kappa shape index (κ1) is 15.7. The molecule has 0 aliphatic rings. The molecule has 0 saturated carbocycles. The van der Waals surface area contributed by atoms with Gasteiger partial charge < -0.3 is 15.4 Å². The number of hydrogen-bond acceptors (Lipinski definition) is 5. The molecule has 0 saturated heterocycles. The molecule has 1 aromatic carbocycles. The topological polar surface area (TPSA) is 59.1 Å². The number of hydrogen-bond donors (Lipinski definition) is 2. The summed E-state index contributed by atoms with van der Waals surface area (Å²) in [6.45, 7) is 5.04. The minimum atomic E-state index is 0.398. The van der Waals surface area contributed by atoms with Gasteiger partial charge in [-0.15, -0.1) is 0 Å². The van der Waals surface area contributed by atoms with Crippen LogP contribution in [0.5, 0.6) is 0 Å². The van der Waals surface area contributed by atoms with Crippen LogP contribution in [0.25, 0.3) is 0 Å². The Morgan fingerprint density at radius 2 is 1.95 bits per heavy atom. The van der Waals surface area contributed by atoms with E-state index in [1.54, 1.807) is 0 Å². The zero-order valence-corrected chi connectivity index (χ0v) is 14.0. The summed E-state index contributed by atoms with van der Waals surface area (Å²) in [5.74, 6) is 2.14. The Bertz CT molecular complexity index is 619. The number of anilines is 3. The summed E-state index contributed by atoms with van der Waals surface area (Å²) in [6.07, 6.45) is 0. The molecule has 0 aliphatic carbocycles. The second-order valence-corrected chi connectivity index (χ2v) is 5.40. The number of nitrogens with one attached hydrogen (secondary N) is 2. The van der Waals surface area contributed by atoms with E-state index in [1.165, 1.54) is 5.56 Å². The van der Waals surface area contributed by atoms with E-state index in [4.69, 9.17) is 4.74 Å². The van der Waals surface area contributed by atoms with Gasteiger partial charge in [0.05, 0.1) is 5.69 Å². The minimum Gasteiger partial charge on any atom is -0.374 e. The maximum absolute atomic E-state index is 5.38. The van der Waals surface area contributed by atoms with Crippen LogP contribution in [0.4, 0.5) is 17.3 Å². The molecule has 2 aromatic rings. The van der Waals surface area contributed by atoms with Crippen LogP contribution in [0.3, 0.4) is 0 Å². The average Bonchev–Trinajstić information content (AvgIpc) is 2.48. The predicted octanol–water partition coefficient (Wildman–Crippen LogP) is 3.87. The summed E-state index contributed by atoms with van der Waals surface area (Å²) >= 11 is 3.54. The van der Waals surface area contributed by atoms with Crippen LogP contribution < -0.4 is 10.6 Å². The van der Waals surface area contributed by atoms with E-state index in [1.807, 2.05) is 26.1 Å². The van der Waals surface area contributed by atoms with Crippen molar-refractivity contribution in [3.63, 3.8) is 0 Å². The molecule has 0 spiro atoms. The lowest BCUT2D eigenvalue weighted by atomic mass is 10.2. The van der Waals surface area contributed by atoms with Crippen molar-refractivity contribution in [1.29, 1.82) is 0 Å². The SMILES string of the molecule is CCOCc1nc(NC)cc(Nc2cc(C)ccc2Br)n1. The molecule has 1 aromatic heterocycles. The molecule has 2 N–H and O–H groups in total. The number of nitrogens with zero attached hydrogens (tertiary/aromatic N) is 2. The number of ether oxygens (including phenoxy) is 1. The van der Waals surface area contributed by atoms with Crippen LogP contribution in [0.15, 0.2) is 28.7 Å². The number of aryl methyl sites for hydroxylation is 1. The van der Waals surface area contributed by atoms with Crippen LogP contribution in [0.1, 0.15) is 18.3 Å². The Balaban J connectivity index is 2.27. The third-order valence-electron chi connectivity index (χ3n) is 2.85. The van der Waals surface area contributed by atoms with E-state index in [-0.39, 0.29) is 0 Å². The molecule has 0 radical (unpaired) electrons. The average molecular weight is 351 g/mol. The highest BCUT2D eigenvalue weighted by Gasteiger charge is 2.06. The van der Waals surface area contributed by atoms with Gasteiger partial charge in [0, 0.05) is 24.2 Å². The normalized spacial score (nSPS) is 10.5. The van der Waals surface area contributed by atoms with Gasteiger partial charge in [0.15, 0.2) is 5.82 Å². The fourth-order valence-electron chi connectivity index (χ4n) is 1.82. The largest absolute Gasteiger partial charge is 0.374 e. The van der Waals surface area contributed by atoms with Crippen LogP contribution in [0.2, 0.25) is 0 Å². The lowest BCUT2D eigenvalue weighted by molar-refractivity contribution is 0.128. The monoisotopic (exact) mass is 350 g/mol. The fourth-order valence-corrected chi connectivity index (χ4v) is 2.17. The number of halogens is 1. The van der Waals surface area contributed by atoms with E-state index in [2.05, 4.69) is 55.6 Å². The summed E-state index contributed by atoms with van der Waals surface area (Å²) < 4.78 is 6.37. The molecule has 21 heavy (non-hydrogen) atoms. The fraction of sp³-hybridized carbons (Fsp3) is 0.333. The quantitative estimate of drug-likeness (QED) is 0.827. The van der Waals surface area contributed by atoms with Gasteiger partial charge in [0.1, 0.15) is 18.2 Å². The molecule has 0 amide bonds. The van der Waals surface area contributed by atoms with Crippen LogP contribution in [-0.2, 0) is 11.3 Å². The zero-order chi connectivity index (χ0) is 15.2. The van der Waals surface area contributed by atoms with Crippen molar-refractivity contribution in [2.45, 2.75) is 20.5 Å². The maximum atomic E-state index is 5.38. The highest BCUT2D eigenvalue weighted by molar-refractivity contribution is 9.10. The number of rotatable bonds is 6. The van der Waals surface area contributed by atoms with Crippen LogP contribution in [-0.4, -0.2) is 23.6 Å². The van der Waals surface area contributed by atoms with E-state index >= 15 is 0 Å². The van der Waals surface area contributed by atoms with Gasteiger partial charge >= 0.3 is 0 Å². The van der Waals surface area contributed by atoms with Gasteiger partial charge in [-0.25, -0.2) is 9.97 Å². The molecule has 0 aliphatic heterocycles. The van der Waals surface area contributed by atoms with Crippen molar-refractivity contribution >= 4 is 33.3 Å². The number of aromatic nitrogens is 2. The molecule has 2 rings (SSSR count). The highest BCUT2D eigenvalue weighted by Crippen LogP contribution is 2.26. The molecule has 0 atom stereocenters. The van der Waals surface area contributed by atoms with Crippen LogP contribution >= 0.6 is 15.9 Å². The van der Waals surface area contributed by atoms with E-state index in [0.29, 0.717) is 19.0 Å². The lowest BCUT2D eigenvalue weighted by Gasteiger charge is -2.11. The third kappa shape index (κ3) is 4.41. The zero-order valence-electron chi connectivity index (χ0n) is 12.4. The van der Waals surface area contributed by atoms with Gasteiger partial charge in [0.25, 0.3) is 0 Å². The number of benzene rings is 1. The third-order valence-corrected chi connectivity index (χ3v) is 3.54. The van der Waals surface area contributed by atoms with Crippen molar-refractivity contribution < 1.29 is 4.74 Å². The van der Waals surface area contributed by atoms with Gasteiger partial charge in [-0.1, -0.05) is 6.07 Å². The molecule has 112 valence electrons.